The van der Waals surface area contributed by atoms with E-state index in [1.807, 2.05) is 4.90 Å². The molecule has 1 rings (SSSR count). The zero-order valence-corrected chi connectivity index (χ0v) is 11.0. The molecule has 2 unspecified atom stereocenters. The number of ether oxygens (including phenoxy) is 1. The second kappa shape index (κ2) is 7.50. The fraction of sp³-hybridized carbons (Fsp3) is 0.818. The Morgan fingerprint density at radius 1 is 1.53 bits per heavy atom. The average molecular weight is 266 g/mol. The topological polar surface area (TPSA) is 66.8 Å². The second-order valence-electron chi connectivity index (χ2n) is 4.30. The summed E-state index contributed by atoms with van der Waals surface area (Å²) < 4.78 is 4.62. The second-order valence-corrected chi connectivity index (χ2v) is 4.30. The number of likely N-dealkylation sites (tertiary alicyclic amines) is 1. The van der Waals surface area contributed by atoms with Crippen LogP contribution in [0.4, 0.5) is 0 Å². The van der Waals surface area contributed by atoms with Gasteiger partial charge < -0.3 is 9.84 Å². The number of hydrogen-bond acceptors (Lipinski definition) is 4. The smallest absolute Gasteiger partial charge is 0.320 e. The molecule has 0 saturated carbocycles. The van der Waals surface area contributed by atoms with Gasteiger partial charge in [0.15, 0.2) is 0 Å². The van der Waals surface area contributed by atoms with E-state index in [4.69, 9.17) is 5.11 Å². The first-order valence-corrected chi connectivity index (χ1v) is 5.58. The molecule has 1 aliphatic rings. The van der Waals surface area contributed by atoms with Crippen molar-refractivity contribution in [2.45, 2.75) is 32.2 Å². The molecule has 0 amide bonds. The van der Waals surface area contributed by atoms with Crippen LogP contribution in [0, 0.1) is 5.92 Å². The highest BCUT2D eigenvalue weighted by molar-refractivity contribution is 5.85. The predicted molar refractivity (Wildman–Crippen MR) is 65.3 cm³/mol. The zero-order chi connectivity index (χ0) is 12.1. The Morgan fingerprint density at radius 2 is 2.18 bits per heavy atom. The van der Waals surface area contributed by atoms with Gasteiger partial charge in [-0.3, -0.25) is 14.5 Å². The van der Waals surface area contributed by atoms with Gasteiger partial charge >= 0.3 is 11.9 Å². The number of esters is 1. The van der Waals surface area contributed by atoms with Crippen molar-refractivity contribution in [1.82, 2.24) is 4.90 Å². The summed E-state index contributed by atoms with van der Waals surface area (Å²) in [5.74, 6) is -0.795. The van der Waals surface area contributed by atoms with Gasteiger partial charge in [-0.2, -0.15) is 0 Å². The van der Waals surface area contributed by atoms with Crippen LogP contribution >= 0.6 is 12.4 Å². The van der Waals surface area contributed by atoms with Crippen LogP contribution in [0.5, 0.6) is 0 Å². The maximum absolute atomic E-state index is 11.1. The van der Waals surface area contributed by atoms with E-state index < -0.39 is 12.0 Å². The number of methoxy groups -OCH3 is 1. The van der Waals surface area contributed by atoms with Crippen LogP contribution in [-0.4, -0.2) is 48.2 Å². The third-order valence-corrected chi connectivity index (χ3v) is 3.14. The van der Waals surface area contributed by atoms with E-state index in [1.54, 1.807) is 6.92 Å². The van der Waals surface area contributed by atoms with Gasteiger partial charge in [-0.25, -0.2) is 0 Å². The van der Waals surface area contributed by atoms with Gasteiger partial charge in [0.25, 0.3) is 0 Å². The Morgan fingerprint density at radius 3 is 2.71 bits per heavy atom. The van der Waals surface area contributed by atoms with Crippen molar-refractivity contribution in [3.63, 3.8) is 0 Å². The lowest BCUT2D eigenvalue weighted by Gasteiger charge is -2.34. The van der Waals surface area contributed by atoms with Gasteiger partial charge in [-0.1, -0.05) is 0 Å². The summed E-state index contributed by atoms with van der Waals surface area (Å²) in [5.41, 5.74) is 0. The first-order chi connectivity index (χ1) is 7.54. The number of halogens is 1. The number of nitrogens with zero attached hydrogens (tertiary/aromatic N) is 1. The van der Waals surface area contributed by atoms with Crippen molar-refractivity contribution in [1.29, 1.82) is 0 Å². The highest BCUT2D eigenvalue weighted by Crippen LogP contribution is 2.21. The Balaban J connectivity index is 0.00000256. The highest BCUT2D eigenvalue weighted by atomic mass is 35.5. The van der Waals surface area contributed by atoms with Gasteiger partial charge in [0, 0.05) is 13.0 Å². The maximum atomic E-state index is 11.1. The van der Waals surface area contributed by atoms with Crippen LogP contribution in [0.15, 0.2) is 0 Å². The van der Waals surface area contributed by atoms with Crippen LogP contribution < -0.4 is 0 Å². The number of piperidine rings is 1. The number of aliphatic carboxylic acids is 1. The molecule has 1 aliphatic heterocycles. The molecule has 2 atom stereocenters. The van der Waals surface area contributed by atoms with Gasteiger partial charge in [-0.15, -0.1) is 12.4 Å². The maximum Gasteiger partial charge on any atom is 0.320 e. The van der Waals surface area contributed by atoms with Crippen LogP contribution in [0.2, 0.25) is 0 Å². The number of carboxylic acid groups (broad SMARTS) is 1. The van der Waals surface area contributed by atoms with Crippen LogP contribution in [-0.2, 0) is 14.3 Å². The molecular weight excluding hydrogens is 246 g/mol. The van der Waals surface area contributed by atoms with E-state index >= 15 is 0 Å². The van der Waals surface area contributed by atoms with E-state index in [0.29, 0.717) is 13.0 Å². The first-order valence-electron chi connectivity index (χ1n) is 5.58. The number of carboxylic acids is 1. The molecule has 0 spiro atoms. The third kappa shape index (κ3) is 4.91. The number of hydrogen-bond donors (Lipinski definition) is 1. The molecular formula is C11H20ClNO4. The molecule has 0 aliphatic carbocycles. The standard InChI is InChI=1S/C11H19NO4.ClH/c1-8(11(14)15)12-5-3-4-9(7-12)6-10(13)16-2;/h8-9H,3-7H2,1-2H3,(H,14,15);1H. The molecule has 0 aromatic carbocycles. The van der Waals surface area contributed by atoms with Crippen molar-refractivity contribution in [3.05, 3.63) is 0 Å². The molecule has 100 valence electrons. The summed E-state index contributed by atoms with van der Waals surface area (Å²) in [4.78, 5) is 23.9. The minimum Gasteiger partial charge on any atom is -0.480 e. The monoisotopic (exact) mass is 265 g/mol. The molecule has 1 N–H and O–H groups in total. The average Bonchev–Trinajstić information content (AvgIpc) is 2.28. The minimum atomic E-state index is -0.807. The first kappa shape index (κ1) is 16.2. The Labute approximate surface area is 108 Å². The van der Waals surface area contributed by atoms with E-state index in [0.717, 1.165) is 19.4 Å². The largest absolute Gasteiger partial charge is 0.480 e. The van der Waals surface area contributed by atoms with Crippen molar-refractivity contribution >= 4 is 24.3 Å². The predicted octanol–water partition coefficient (Wildman–Crippen LogP) is 1.16. The van der Waals surface area contributed by atoms with E-state index in [9.17, 15) is 9.59 Å². The van der Waals surface area contributed by atoms with Crippen molar-refractivity contribution in [3.8, 4) is 0 Å². The van der Waals surface area contributed by atoms with E-state index in [2.05, 4.69) is 4.74 Å². The van der Waals surface area contributed by atoms with E-state index in [1.165, 1.54) is 7.11 Å². The fourth-order valence-electron chi connectivity index (χ4n) is 2.09. The minimum absolute atomic E-state index is 0. The Hall–Kier alpha value is -0.810. The van der Waals surface area contributed by atoms with Crippen molar-refractivity contribution in [2.75, 3.05) is 20.2 Å². The molecule has 5 nitrogen and oxygen atoms in total. The van der Waals surface area contributed by atoms with Crippen LogP contribution in [0.1, 0.15) is 26.2 Å². The third-order valence-electron chi connectivity index (χ3n) is 3.14. The molecule has 17 heavy (non-hydrogen) atoms. The number of carbonyl (C=O) groups is 2. The summed E-state index contributed by atoms with van der Waals surface area (Å²) in [7, 11) is 1.38. The van der Waals surface area contributed by atoms with Gasteiger partial charge in [-0.05, 0) is 32.2 Å². The van der Waals surface area contributed by atoms with E-state index in [-0.39, 0.29) is 24.3 Å². The lowest BCUT2D eigenvalue weighted by atomic mass is 9.94. The molecule has 0 radical (unpaired) electrons. The molecule has 1 fully saturated rings. The van der Waals surface area contributed by atoms with Crippen molar-refractivity contribution < 1.29 is 19.4 Å². The quantitative estimate of drug-likeness (QED) is 0.773. The fourth-order valence-corrected chi connectivity index (χ4v) is 2.09. The number of rotatable bonds is 4. The van der Waals surface area contributed by atoms with Gasteiger partial charge in [0.2, 0.25) is 0 Å². The van der Waals surface area contributed by atoms with Crippen LogP contribution in [0.25, 0.3) is 0 Å². The molecule has 1 saturated heterocycles. The summed E-state index contributed by atoms with van der Waals surface area (Å²) in [6.07, 6.45) is 2.30. The Kier molecular flexibility index (Phi) is 7.15. The Bertz CT molecular complexity index is 272. The van der Waals surface area contributed by atoms with Crippen molar-refractivity contribution in [2.24, 2.45) is 5.92 Å². The number of carbonyl (C=O) groups excluding carboxylic acids is 1. The van der Waals surface area contributed by atoms with Gasteiger partial charge in [0.1, 0.15) is 6.04 Å². The molecule has 0 bridgehead atoms. The summed E-state index contributed by atoms with van der Waals surface area (Å²) in [6, 6.07) is -0.472. The molecule has 0 aromatic rings. The lowest BCUT2D eigenvalue weighted by molar-refractivity contribution is -0.144. The summed E-state index contributed by atoms with van der Waals surface area (Å²) in [5, 5.41) is 8.92. The molecule has 0 aromatic heterocycles. The summed E-state index contributed by atoms with van der Waals surface area (Å²) >= 11 is 0. The molecule has 1 heterocycles. The normalized spacial score (nSPS) is 22.4. The van der Waals surface area contributed by atoms with Gasteiger partial charge in [0.05, 0.1) is 7.11 Å². The highest BCUT2D eigenvalue weighted by Gasteiger charge is 2.28. The zero-order valence-electron chi connectivity index (χ0n) is 10.2. The van der Waals surface area contributed by atoms with Crippen LogP contribution in [0.3, 0.4) is 0 Å². The summed E-state index contributed by atoms with van der Waals surface area (Å²) in [6.45, 7) is 3.15. The lowest BCUT2D eigenvalue weighted by Crippen LogP contribution is -2.45. The SMILES string of the molecule is COC(=O)CC1CCCN(C(C)C(=O)O)C1.Cl. The molecule has 6 heteroatoms.